The zero-order valence-corrected chi connectivity index (χ0v) is 18.9. The van der Waals surface area contributed by atoms with Crippen molar-refractivity contribution in [1.29, 1.82) is 0 Å². The Hall–Kier alpha value is -3.71. The Kier molecular flexibility index (Phi) is 6.27. The molecule has 0 aliphatic carbocycles. The van der Waals surface area contributed by atoms with Crippen molar-refractivity contribution in [2.45, 2.75) is 38.0 Å². The number of carbonyl (C=O) groups is 1. The molecule has 0 bridgehead atoms. The van der Waals surface area contributed by atoms with Crippen molar-refractivity contribution in [3.8, 4) is 0 Å². The monoisotopic (exact) mass is 457 g/mol. The zero-order chi connectivity index (χ0) is 23.5. The molecular weight excluding hydrogens is 430 g/mol. The van der Waals surface area contributed by atoms with E-state index in [0.29, 0.717) is 6.42 Å². The molecule has 7 heteroatoms. The number of anilines is 2. The Morgan fingerprint density at radius 3 is 2.32 bits per heavy atom. The van der Waals surface area contributed by atoms with Gasteiger partial charge in [0.2, 0.25) is 0 Å². The van der Waals surface area contributed by atoms with Gasteiger partial charge >= 0.3 is 5.97 Å². The lowest BCUT2D eigenvalue weighted by Crippen LogP contribution is -2.42. The molecule has 1 unspecified atom stereocenters. The quantitative estimate of drug-likeness (QED) is 0.299. The highest BCUT2D eigenvalue weighted by Gasteiger charge is 2.37. The molecule has 0 saturated carbocycles. The van der Waals surface area contributed by atoms with E-state index < -0.39 is 0 Å². The van der Waals surface area contributed by atoms with Crippen molar-refractivity contribution in [2.24, 2.45) is 0 Å². The van der Waals surface area contributed by atoms with Crippen molar-refractivity contribution in [1.82, 2.24) is 4.90 Å². The number of nitrogens with zero attached hydrogens (tertiary/aromatic N) is 3. The van der Waals surface area contributed by atoms with Gasteiger partial charge in [0.1, 0.15) is 12.1 Å². The Balaban J connectivity index is 1.19. The summed E-state index contributed by atoms with van der Waals surface area (Å²) in [6, 6.07) is 24.5. The van der Waals surface area contributed by atoms with Crippen LogP contribution in [0.1, 0.15) is 24.0 Å². The highest BCUT2D eigenvalue weighted by molar-refractivity contribution is 5.88. The van der Waals surface area contributed by atoms with Crippen LogP contribution in [0, 0.1) is 10.1 Å². The predicted octanol–water partition coefficient (Wildman–Crippen LogP) is 4.87. The maximum Gasteiger partial charge on any atom is 0.329 e. The second-order valence-electron chi connectivity index (χ2n) is 8.89. The van der Waals surface area contributed by atoms with Gasteiger partial charge in [-0.25, -0.2) is 4.79 Å². The number of carbonyl (C=O) groups excluding carboxylic acids is 1. The fourth-order valence-electron chi connectivity index (χ4n) is 4.89. The third-order valence-electron chi connectivity index (χ3n) is 6.65. The van der Waals surface area contributed by atoms with Gasteiger partial charge in [-0.15, -0.1) is 0 Å². The first-order valence-electron chi connectivity index (χ1n) is 11.7. The van der Waals surface area contributed by atoms with Gasteiger partial charge in [-0.05, 0) is 42.2 Å². The fourth-order valence-corrected chi connectivity index (χ4v) is 4.89. The van der Waals surface area contributed by atoms with Gasteiger partial charge in [-0.2, -0.15) is 0 Å². The van der Waals surface area contributed by atoms with Crippen molar-refractivity contribution >= 4 is 23.0 Å². The Morgan fingerprint density at radius 2 is 1.62 bits per heavy atom. The summed E-state index contributed by atoms with van der Waals surface area (Å²) in [7, 11) is 0. The summed E-state index contributed by atoms with van der Waals surface area (Å²) in [5.41, 5.74) is 4.36. The van der Waals surface area contributed by atoms with Crippen LogP contribution in [0.3, 0.4) is 0 Å². The Morgan fingerprint density at radius 1 is 0.941 bits per heavy atom. The molecule has 174 valence electrons. The number of esters is 1. The number of nitro groups is 1. The van der Waals surface area contributed by atoms with Gasteiger partial charge in [0.15, 0.2) is 0 Å². The first kappa shape index (κ1) is 22.1. The molecular formula is C27H27N3O4. The van der Waals surface area contributed by atoms with Crippen LogP contribution < -0.4 is 4.90 Å². The van der Waals surface area contributed by atoms with Crippen molar-refractivity contribution < 1.29 is 14.5 Å². The van der Waals surface area contributed by atoms with E-state index in [1.807, 2.05) is 42.5 Å². The summed E-state index contributed by atoms with van der Waals surface area (Å²) in [6.07, 6.45) is 2.11. The minimum Gasteiger partial charge on any atom is -0.461 e. The minimum atomic E-state index is -0.384. The van der Waals surface area contributed by atoms with E-state index >= 15 is 0 Å². The van der Waals surface area contributed by atoms with Gasteiger partial charge in [0, 0.05) is 49.6 Å². The van der Waals surface area contributed by atoms with Crippen molar-refractivity contribution in [3.05, 3.63) is 100 Å². The standard InChI is InChI=1S/C27H27N3O4/c31-27(26-18-21-6-4-5-9-25(21)29(26)22-7-2-1-3-8-22)34-24-14-16-28(17-15-24)19-20-10-12-23(13-11-20)30(32)33/h1-13,24,26H,14-19H2. The summed E-state index contributed by atoms with van der Waals surface area (Å²) in [4.78, 5) is 28.1. The van der Waals surface area contributed by atoms with Crippen LogP contribution in [0.5, 0.6) is 0 Å². The number of fused-ring (bicyclic) bond motifs is 1. The smallest absolute Gasteiger partial charge is 0.329 e. The molecule has 0 spiro atoms. The van der Waals surface area contributed by atoms with E-state index in [1.54, 1.807) is 24.3 Å². The molecule has 7 nitrogen and oxygen atoms in total. The molecule has 5 rings (SSSR count). The van der Waals surface area contributed by atoms with Crippen LogP contribution in [-0.2, 0) is 22.5 Å². The number of hydrogen-bond donors (Lipinski definition) is 0. The average Bonchev–Trinajstić information content (AvgIpc) is 3.26. The summed E-state index contributed by atoms with van der Waals surface area (Å²) < 4.78 is 6.02. The minimum absolute atomic E-state index is 0.0954. The van der Waals surface area contributed by atoms with Gasteiger partial charge < -0.3 is 9.64 Å². The molecule has 0 radical (unpaired) electrons. The van der Waals surface area contributed by atoms with E-state index in [1.165, 1.54) is 0 Å². The van der Waals surface area contributed by atoms with E-state index in [2.05, 4.69) is 21.9 Å². The molecule has 3 aromatic rings. The second-order valence-corrected chi connectivity index (χ2v) is 8.89. The van der Waals surface area contributed by atoms with Crippen LogP contribution in [0.15, 0.2) is 78.9 Å². The van der Waals surface area contributed by atoms with Crippen LogP contribution in [0.4, 0.5) is 17.1 Å². The first-order valence-corrected chi connectivity index (χ1v) is 11.7. The number of non-ortho nitro benzene ring substituents is 1. The van der Waals surface area contributed by atoms with E-state index in [-0.39, 0.29) is 28.7 Å². The number of ether oxygens (including phenoxy) is 1. The number of rotatable bonds is 6. The Labute approximate surface area is 198 Å². The molecule has 1 atom stereocenters. The first-order chi connectivity index (χ1) is 16.6. The summed E-state index contributed by atoms with van der Waals surface area (Å²) >= 11 is 0. The molecule has 2 heterocycles. The summed E-state index contributed by atoms with van der Waals surface area (Å²) in [5.74, 6) is -0.172. The van der Waals surface area contributed by atoms with Crippen molar-refractivity contribution in [2.75, 3.05) is 18.0 Å². The predicted molar refractivity (Wildman–Crippen MR) is 130 cm³/mol. The largest absolute Gasteiger partial charge is 0.461 e. The highest BCUT2D eigenvalue weighted by Crippen LogP contribution is 2.38. The zero-order valence-electron chi connectivity index (χ0n) is 18.9. The molecule has 0 aromatic heterocycles. The molecule has 2 aliphatic rings. The molecule has 34 heavy (non-hydrogen) atoms. The average molecular weight is 458 g/mol. The summed E-state index contributed by atoms with van der Waals surface area (Å²) in [6.45, 7) is 2.38. The normalized spacial score (nSPS) is 18.5. The molecule has 0 N–H and O–H groups in total. The summed E-state index contributed by atoms with van der Waals surface area (Å²) in [5, 5.41) is 10.8. The maximum absolute atomic E-state index is 13.3. The van der Waals surface area contributed by atoms with Gasteiger partial charge in [-0.3, -0.25) is 15.0 Å². The van der Waals surface area contributed by atoms with E-state index in [4.69, 9.17) is 4.74 Å². The third-order valence-corrected chi connectivity index (χ3v) is 6.65. The number of para-hydroxylation sites is 2. The van der Waals surface area contributed by atoms with E-state index in [9.17, 15) is 14.9 Å². The fraction of sp³-hybridized carbons (Fsp3) is 0.296. The van der Waals surface area contributed by atoms with Crippen LogP contribution in [0.25, 0.3) is 0 Å². The molecule has 2 aliphatic heterocycles. The Bertz CT molecular complexity index is 1160. The lowest BCUT2D eigenvalue weighted by molar-refractivity contribution is -0.384. The molecule has 1 fully saturated rings. The van der Waals surface area contributed by atoms with Crippen molar-refractivity contribution in [3.63, 3.8) is 0 Å². The number of nitro benzene ring substituents is 1. The van der Waals surface area contributed by atoms with Crippen LogP contribution in [0.2, 0.25) is 0 Å². The molecule has 3 aromatic carbocycles. The van der Waals surface area contributed by atoms with E-state index in [0.717, 1.165) is 55.0 Å². The number of benzene rings is 3. The molecule has 0 amide bonds. The maximum atomic E-state index is 13.3. The number of piperidine rings is 1. The second kappa shape index (κ2) is 9.65. The highest BCUT2D eigenvalue weighted by atomic mass is 16.6. The van der Waals surface area contributed by atoms with Gasteiger partial charge in [0.05, 0.1) is 4.92 Å². The molecule has 1 saturated heterocycles. The van der Waals surface area contributed by atoms with Gasteiger partial charge in [0.25, 0.3) is 5.69 Å². The van der Waals surface area contributed by atoms with Crippen LogP contribution >= 0.6 is 0 Å². The number of hydrogen-bond acceptors (Lipinski definition) is 6. The van der Waals surface area contributed by atoms with Gasteiger partial charge in [-0.1, -0.05) is 48.5 Å². The lowest BCUT2D eigenvalue weighted by Gasteiger charge is -2.33. The topological polar surface area (TPSA) is 75.9 Å². The lowest BCUT2D eigenvalue weighted by atomic mass is 10.1. The SMILES string of the molecule is O=C(OC1CCN(Cc2ccc([N+](=O)[O-])cc2)CC1)C1Cc2ccccc2N1c1ccccc1. The number of likely N-dealkylation sites (tertiary alicyclic amines) is 1. The third kappa shape index (κ3) is 4.65. The van der Waals surface area contributed by atoms with Crippen LogP contribution in [-0.4, -0.2) is 41.0 Å².